The Morgan fingerprint density at radius 2 is 0.831 bits per heavy atom. The van der Waals surface area contributed by atoms with Gasteiger partial charge in [-0.05, 0) is 124 Å². The molecule has 0 aliphatic carbocycles. The first-order valence-corrected chi connectivity index (χ1v) is 31.5. The number of carbonyl (C=O) groups excluding carboxylic acids is 2. The van der Waals surface area contributed by atoms with Gasteiger partial charge in [0.15, 0.2) is 19.7 Å². The van der Waals surface area contributed by atoms with Crippen LogP contribution in [-0.2, 0) is 70.3 Å². The Kier molecular flexibility index (Phi) is 20.0. The van der Waals surface area contributed by atoms with Crippen molar-refractivity contribution in [2.24, 2.45) is 0 Å². The summed E-state index contributed by atoms with van der Waals surface area (Å²) < 4.78 is 119. The van der Waals surface area contributed by atoms with Crippen LogP contribution in [0.15, 0.2) is 189 Å². The Balaban J connectivity index is 0.000000224. The van der Waals surface area contributed by atoms with Gasteiger partial charge in [-0.2, -0.15) is 0 Å². The summed E-state index contributed by atoms with van der Waals surface area (Å²) in [4.78, 5) is 23.3. The Morgan fingerprint density at radius 3 is 1.26 bits per heavy atom. The molecular weight excluding hydrogens is 1120 g/mol. The van der Waals surface area contributed by atoms with E-state index in [1.807, 2.05) is 33.8 Å². The zero-order valence-corrected chi connectivity index (χ0v) is 48.1. The van der Waals surface area contributed by atoms with Crippen LogP contribution in [0.4, 0.5) is 11.4 Å². The molecule has 0 atom stereocenters. The van der Waals surface area contributed by atoms with Gasteiger partial charge in [-0.15, -0.1) is 0 Å². The highest BCUT2D eigenvalue weighted by atomic mass is 79.9. The second-order valence-electron chi connectivity index (χ2n) is 17.7. The predicted molar refractivity (Wildman–Crippen MR) is 307 cm³/mol. The summed E-state index contributed by atoms with van der Waals surface area (Å²) in [6.07, 6.45) is 0. The number of fused-ring (bicyclic) bond motifs is 2. The Morgan fingerprint density at radius 1 is 0.455 bits per heavy atom. The summed E-state index contributed by atoms with van der Waals surface area (Å²) in [5, 5.41) is 2.70. The molecule has 0 aliphatic rings. The number of esters is 2. The second-order valence-corrected chi connectivity index (χ2v) is 25.8. The average Bonchev–Trinajstić information content (AvgIpc) is 3.41. The second kappa shape index (κ2) is 26.0. The van der Waals surface area contributed by atoms with E-state index in [9.17, 15) is 43.3 Å². The SMILES string of the molecule is CCOC(=O)CBr.CCOC(=O)CN(c1ccc(CS(=O)(=O)c2ccc(C)cc2)c2ccccc12)S(=O)(=O)c1ccc(C)cc1.Cc1ccc(S(=O)(=O)Cc2ccc(NS(=O)(=O)c3ccc(C)cc3)c3ccccc23)cc1. The van der Waals surface area contributed by atoms with Crippen molar-refractivity contribution >= 4 is 101 Å². The lowest BCUT2D eigenvalue weighted by atomic mass is 10.0. The molecule has 1 N–H and O–H groups in total. The standard InChI is InChI=1S/C29H29NO6S2.C25H23NO4S2.C4H7BrO2/c1-4-36-29(31)19-30(38(34,35)25-16-11-22(3)12-17-25)28-18-13-23(26-7-5-6-8-27(26)28)20-37(32,33)24-14-9-21(2)10-15-24;1-18-7-12-21(13-8-18)31(27,28)17-20-11-16-25(24-6-4-3-5-23(20)24)26-32(29,30)22-14-9-19(2)10-15-22;1-2-7-4(6)3-5/h5-18H,4,19-20H2,1-3H3;3-16,26H,17H2,1-2H3;2-3H2,1H3. The van der Waals surface area contributed by atoms with Gasteiger partial charge >= 0.3 is 11.9 Å². The first kappa shape index (κ1) is 59.3. The number of halogens is 1. The number of benzene rings is 8. The van der Waals surface area contributed by atoms with Crippen molar-refractivity contribution < 1.29 is 52.7 Å². The maximum Gasteiger partial charge on any atom is 0.326 e. The summed E-state index contributed by atoms with van der Waals surface area (Å²) in [5.74, 6) is -1.35. The van der Waals surface area contributed by atoms with E-state index >= 15 is 0 Å². The highest BCUT2D eigenvalue weighted by molar-refractivity contribution is 9.09. The number of carbonyl (C=O) groups is 2. The molecule has 0 radical (unpaired) electrons. The Labute approximate surface area is 460 Å². The summed E-state index contributed by atoms with van der Waals surface area (Å²) in [5.41, 5.74) is 5.59. The Bertz CT molecular complexity index is 3720. The van der Waals surface area contributed by atoms with Crippen LogP contribution in [0.5, 0.6) is 0 Å². The number of alkyl halides is 1. The topological polar surface area (TPSA) is 204 Å². The van der Waals surface area contributed by atoms with Gasteiger partial charge in [0.25, 0.3) is 20.0 Å². The molecule has 0 aliphatic heterocycles. The lowest BCUT2D eigenvalue weighted by Crippen LogP contribution is -2.36. The van der Waals surface area contributed by atoms with E-state index in [0.717, 1.165) is 26.6 Å². The van der Waals surface area contributed by atoms with Crippen LogP contribution < -0.4 is 9.03 Å². The van der Waals surface area contributed by atoms with Gasteiger partial charge in [0.1, 0.15) is 11.9 Å². The molecule has 0 fully saturated rings. The third-order valence-corrected chi connectivity index (χ3v) is 18.9. The first-order valence-electron chi connectivity index (χ1n) is 24.2. The molecule has 0 amide bonds. The lowest BCUT2D eigenvalue weighted by molar-refractivity contribution is -0.141. The fourth-order valence-electron chi connectivity index (χ4n) is 7.91. The fourth-order valence-corrected chi connectivity index (χ4v) is 13.3. The van der Waals surface area contributed by atoms with Crippen molar-refractivity contribution in [3.05, 3.63) is 203 Å². The summed E-state index contributed by atoms with van der Waals surface area (Å²) in [6, 6.07) is 47.0. The number of hydrogen-bond acceptors (Lipinski definition) is 12. The van der Waals surface area contributed by atoms with Gasteiger partial charge in [0, 0.05) is 10.8 Å². The number of sulfonamides is 2. The van der Waals surface area contributed by atoms with Crippen LogP contribution in [0.2, 0.25) is 0 Å². The summed E-state index contributed by atoms with van der Waals surface area (Å²) >= 11 is 2.94. The molecule has 404 valence electrons. The van der Waals surface area contributed by atoms with Gasteiger partial charge in [-0.25, -0.2) is 33.7 Å². The maximum absolute atomic E-state index is 13.8. The van der Waals surface area contributed by atoms with Crippen molar-refractivity contribution in [1.29, 1.82) is 0 Å². The van der Waals surface area contributed by atoms with Crippen molar-refractivity contribution in [2.75, 3.05) is 34.1 Å². The minimum Gasteiger partial charge on any atom is -0.465 e. The summed E-state index contributed by atoms with van der Waals surface area (Å²) in [7, 11) is -15.2. The lowest BCUT2D eigenvalue weighted by Gasteiger charge is -2.25. The van der Waals surface area contributed by atoms with Crippen molar-refractivity contribution in [3.8, 4) is 0 Å². The third-order valence-electron chi connectivity index (χ3n) is 11.9. The number of hydrogen-bond donors (Lipinski definition) is 1. The molecule has 0 saturated carbocycles. The van der Waals surface area contributed by atoms with Crippen molar-refractivity contribution in [1.82, 2.24) is 0 Å². The molecule has 77 heavy (non-hydrogen) atoms. The van der Waals surface area contributed by atoms with E-state index in [4.69, 9.17) is 4.74 Å². The predicted octanol–water partition coefficient (Wildman–Crippen LogP) is 11.4. The van der Waals surface area contributed by atoms with Gasteiger partial charge < -0.3 is 9.47 Å². The van der Waals surface area contributed by atoms with Gasteiger partial charge in [-0.1, -0.05) is 147 Å². The normalized spacial score (nSPS) is 11.6. The number of nitrogens with one attached hydrogen (secondary N) is 1. The van der Waals surface area contributed by atoms with Crippen LogP contribution in [0, 0.1) is 27.7 Å². The van der Waals surface area contributed by atoms with Gasteiger partial charge in [0.05, 0.1) is 55.7 Å². The number of anilines is 2. The van der Waals surface area contributed by atoms with E-state index in [1.54, 1.807) is 166 Å². The Hall–Kier alpha value is -6.90. The van der Waals surface area contributed by atoms with Crippen LogP contribution in [-0.4, -0.2) is 70.7 Å². The van der Waals surface area contributed by atoms with Gasteiger partial charge in [-0.3, -0.25) is 18.6 Å². The quantitative estimate of drug-likeness (QED) is 0.0668. The van der Waals surface area contributed by atoms with Crippen LogP contribution in [0.1, 0.15) is 47.2 Å². The minimum absolute atomic E-state index is 0.0301. The molecule has 0 unspecified atom stereocenters. The smallest absolute Gasteiger partial charge is 0.326 e. The van der Waals surface area contributed by atoms with E-state index in [2.05, 4.69) is 25.4 Å². The zero-order valence-electron chi connectivity index (χ0n) is 43.3. The largest absolute Gasteiger partial charge is 0.465 e. The monoisotopic (exact) mass is 1180 g/mol. The number of aryl methyl sites for hydroxylation is 4. The van der Waals surface area contributed by atoms with Crippen LogP contribution >= 0.6 is 15.9 Å². The molecule has 0 saturated heterocycles. The molecule has 8 aromatic carbocycles. The molecule has 0 heterocycles. The highest BCUT2D eigenvalue weighted by Crippen LogP contribution is 2.35. The maximum atomic E-state index is 13.8. The fraction of sp³-hybridized carbons (Fsp3) is 0.207. The molecule has 0 aromatic heterocycles. The van der Waals surface area contributed by atoms with Crippen LogP contribution in [0.3, 0.4) is 0 Å². The van der Waals surface area contributed by atoms with E-state index in [1.165, 1.54) is 12.1 Å². The third kappa shape index (κ3) is 15.4. The number of ether oxygens (including phenoxy) is 2. The molecule has 8 rings (SSSR count). The van der Waals surface area contributed by atoms with E-state index in [0.29, 0.717) is 50.3 Å². The average molecular weight is 1180 g/mol. The minimum atomic E-state index is -4.16. The molecule has 8 aromatic rings. The summed E-state index contributed by atoms with van der Waals surface area (Å²) in [6.45, 7) is 11.0. The molecular formula is C58H59BrN2O12S4. The van der Waals surface area contributed by atoms with Crippen molar-refractivity contribution in [3.63, 3.8) is 0 Å². The molecule has 14 nitrogen and oxygen atoms in total. The number of nitrogens with zero attached hydrogens (tertiary/aromatic N) is 1. The zero-order chi connectivity index (χ0) is 56.1. The molecule has 0 spiro atoms. The molecule has 0 bridgehead atoms. The highest BCUT2D eigenvalue weighted by Gasteiger charge is 2.30. The first-order chi connectivity index (χ1) is 36.5. The van der Waals surface area contributed by atoms with E-state index in [-0.39, 0.29) is 49.4 Å². The number of rotatable bonds is 17. The van der Waals surface area contributed by atoms with E-state index < -0.39 is 52.2 Å². The van der Waals surface area contributed by atoms with Crippen LogP contribution in [0.25, 0.3) is 21.5 Å². The molecule has 19 heteroatoms. The van der Waals surface area contributed by atoms with Crippen molar-refractivity contribution in [2.45, 2.75) is 72.6 Å². The number of sulfone groups is 2. The van der Waals surface area contributed by atoms with Gasteiger partial charge in [0.2, 0.25) is 0 Å².